The SMILES string of the molecule is O=S(=O)(Cc1ccc(Cl)cc1Cl)/C(=C/n1c(=S)[nH]c2ccc(N([O-])O)cc21)c1ccc(Cl)cc1Cl. The molecule has 0 amide bonds. The van der Waals surface area contributed by atoms with Gasteiger partial charge in [-0.3, -0.25) is 9.77 Å². The van der Waals surface area contributed by atoms with Crippen LogP contribution in [0.4, 0.5) is 5.69 Å². The lowest BCUT2D eigenvalue weighted by Gasteiger charge is -2.21. The van der Waals surface area contributed by atoms with Crippen LogP contribution in [0.1, 0.15) is 11.1 Å². The van der Waals surface area contributed by atoms with Crippen molar-refractivity contribution in [3.63, 3.8) is 0 Å². The van der Waals surface area contributed by atoms with Gasteiger partial charge in [0.05, 0.1) is 32.4 Å². The summed E-state index contributed by atoms with van der Waals surface area (Å²) in [5, 5.41) is 21.4. The molecule has 4 aromatic rings. The third-order valence-electron chi connectivity index (χ3n) is 5.06. The fourth-order valence-corrected chi connectivity index (χ4v) is 6.38. The number of benzene rings is 3. The van der Waals surface area contributed by atoms with E-state index in [0.29, 0.717) is 26.6 Å². The summed E-state index contributed by atoms with van der Waals surface area (Å²) in [5.74, 6) is -0.459. The molecule has 182 valence electrons. The number of fused-ring (bicyclic) bond motifs is 1. The molecular weight excluding hydrogens is 576 g/mol. The molecule has 0 spiro atoms. The summed E-state index contributed by atoms with van der Waals surface area (Å²) in [5.41, 5.74) is 1.30. The molecule has 0 atom stereocenters. The zero-order chi connectivity index (χ0) is 25.5. The second-order valence-electron chi connectivity index (χ2n) is 7.39. The van der Waals surface area contributed by atoms with Crippen LogP contribution in [0.25, 0.3) is 22.1 Å². The van der Waals surface area contributed by atoms with Crippen LogP contribution in [0.3, 0.4) is 0 Å². The summed E-state index contributed by atoms with van der Waals surface area (Å²) in [6.07, 6.45) is 1.30. The van der Waals surface area contributed by atoms with E-state index in [1.165, 1.54) is 65.4 Å². The molecule has 0 fully saturated rings. The average Bonchev–Trinajstić information content (AvgIpc) is 3.08. The van der Waals surface area contributed by atoms with E-state index in [4.69, 9.17) is 58.6 Å². The molecule has 0 aliphatic rings. The number of imidazole rings is 1. The van der Waals surface area contributed by atoms with Gasteiger partial charge in [0.2, 0.25) is 0 Å². The van der Waals surface area contributed by atoms with E-state index in [2.05, 4.69) is 4.98 Å². The van der Waals surface area contributed by atoms with E-state index >= 15 is 0 Å². The van der Waals surface area contributed by atoms with Crippen molar-refractivity contribution in [1.82, 2.24) is 9.55 Å². The molecule has 0 saturated carbocycles. The van der Waals surface area contributed by atoms with Crippen molar-refractivity contribution in [1.29, 1.82) is 0 Å². The smallest absolute Gasteiger partial charge is 0.184 e. The van der Waals surface area contributed by atoms with Gasteiger partial charge in [-0.05, 0) is 60.2 Å². The number of nitrogens with zero attached hydrogens (tertiary/aromatic N) is 2. The number of nitrogens with one attached hydrogen (secondary N) is 1. The van der Waals surface area contributed by atoms with Crippen LogP contribution in [0, 0.1) is 9.98 Å². The number of aromatic nitrogens is 2. The second kappa shape index (κ2) is 10.1. The fourth-order valence-electron chi connectivity index (χ4n) is 3.40. The summed E-state index contributed by atoms with van der Waals surface area (Å²) in [6, 6.07) is 13.2. The van der Waals surface area contributed by atoms with Gasteiger partial charge in [0.15, 0.2) is 14.6 Å². The largest absolute Gasteiger partial charge is 0.733 e. The van der Waals surface area contributed by atoms with Gasteiger partial charge < -0.3 is 15.4 Å². The lowest BCUT2D eigenvalue weighted by molar-refractivity contribution is 0.296. The predicted molar refractivity (Wildman–Crippen MR) is 144 cm³/mol. The zero-order valence-corrected chi connectivity index (χ0v) is 22.0. The maximum Gasteiger partial charge on any atom is 0.184 e. The van der Waals surface area contributed by atoms with Crippen molar-refractivity contribution >= 4 is 96.3 Å². The number of halogens is 4. The first-order valence-electron chi connectivity index (χ1n) is 9.70. The molecule has 3 aromatic carbocycles. The van der Waals surface area contributed by atoms with Gasteiger partial charge in [0.25, 0.3) is 0 Å². The van der Waals surface area contributed by atoms with Crippen molar-refractivity contribution in [2.45, 2.75) is 5.75 Å². The highest BCUT2D eigenvalue weighted by Gasteiger charge is 2.25. The van der Waals surface area contributed by atoms with Gasteiger partial charge in [-0.25, -0.2) is 8.42 Å². The van der Waals surface area contributed by atoms with Crippen LogP contribution >= 0.6 is 58.6 Å². The van der Waals surface area contributed by atoms with Crippen LogP contribution in [0.2, 0.25) is 20.1 Å². The summed E-state index contributed by atoms with van der Waals surface area (Å²) in [7, 11) is -4.08. The Morgan fingerprint density at radius 2 is 1.69 bits per heavy atom. The molecule has 1 aromatic heterocycles. The lowest BCUT2D eigenvalue weighted by atomic mass is 10.2. The Morgan fingerprint density at radius 3 is 2.31 bits per heavy atom. The lowest BCUT2D eigenvalue weighted by Crippen LogP contribution is -2.09. The Kier molecular flexibility index (Phi) is 7.51. The summed E-state index contributed by atoms with van der Waals surface area (Å²) in [4.78, 5) is 2.77. The minimum Gasteiger partial charge on any atom is -0.733 e. The molecule has 0 bridgehead atoms. The highest BCUT2D eigenvalue weighted by molar-refractivity contribution is 8.00. The Hall–Kier alpha value is -2.08. The van der Waals surface area contributed by atoms with E-state index < -0.39 is 15.6 Å². The monoisotopic (exact) mass is 588 g/mol. The number of rotatable bonds is 6. The van der Waals surface area contributed by atoms with Crippen molar-refractivity contribution in [3.8, 4) is 0 Å². The Labute approximate surface area is 225 Å². The van der Waals surface area contributed by atoms with Gasteiger partial charge in [0, 0.05) is 26.8 Å². The van der Waals surface area contributed by atoms with Gasteiger partial charge in [-0.1, -0.05) is 58.5 Å². The topological polar surface area (TPSA) is 101 Å². The predicted octanol–water partition coefficient (Wildman–Crippen LogP) is 7.58. The summed E-state index contributed by atoms with van der Waals surface area (Å²) >= 11 is 30.0. The van der Waals surface area contributed by atoms with Gasteiger partial charge in [0.1, 0.15) is 0 Å². The molecule has 35 heavy (non-hydrogen) atoms. The van der Waals surface area contributed by atoms with Gasteiger partial charge in [-0.2, -0.15) is 0 Å². The fraction of sp³-hybridized carbons (Fsp3) is 0.0455. The Morgan fingerprint density at radius 1 is 1.03 bits per heavy atom. The molecule has 0 unspecified atom stereocenters. The first-order chi connectivity index (χ1) is 16.5. The Bertz CT molecular complexity index is 1650. The van der Waals surface area contributed by atoms with Crippen LogP contribution in [-0.2, 0) is 15.6 Å². The molecule has 4 rings (SSSR count). The molecule has 2 N–H and O–H groups in total. The maximum atomic E-state index is 13.7. The molecular formula is C22H14Cl4N3O4S2-. The van der Waals surface area contributed by atoms with E-state index in [1.807, 2.05) is 0 Å². The maximum absolute atomic E-state index is 13.7. The number of H-pyrrole nitrogens is 1. The number of hydrogen-bond donors (Lipinski definition) is 2. The average molecular weight is 590 g/mol. The quantitative estimate of drug-likeness (QED) is 0.177. The van der Waals surface area contributed by atoms with E-state index in [1.54, 1.807) is 0 Å². The minimum atomic E-state index is -4.08. The zero-order valence-electron chi connectivity index (χ0n) is 17.4. The van der Waals surface area contributed by atoms with Crippen molar-refractivity contribution in [2.75, 3.05) is 5.23 Å². The van der Waals surface area contributed by atoms with Crippen molar-refractivity contribution in [3.05, 3.63) is 95.8 Å². The summed E-state index contributed by atoms with van der Waals surface area (Å²) in [6.45, 7) is 0. The summed E-state index contributed by atoms with van der Waals surface area (Å²) < 4.78 is 29.0. The van der Waals surface area contributed by atoms with Crippen LogP contribution in [0.5, 0.6) is 0 Å². The van der Waals surface area contributed by atoms with Crippen molar-refractivity contribution in [2.24, 2.45) is 0 Å². The first kappa shape index (κ1) is 26.0. The second-order valence-corrected chi connectivity index (χ2v) is 11.4. The Balaban J connectivity index is 1.96. The number of anilines is 1. The molecule has 0 radical (unpaired) electrons. The van der Waals surface area contributed by atoms with E-state index in [-0.39, 0.29) is 36.2 Å². The van der Waals surface area contributed by atoms with Crippen LogP contribution in [-0.4, -0.2) is 23.2 Å². The molecule has 1 heterocycles. The van der Waals surface area contributed by atoms with Gasteiger partial charge >= 0.3 is 0 Å². The molecule has 0 aliphatic carbocycles. The molecule has 7 nitrogen and oxygen atoms in total. The third kappa shape index (κ3) is 5.52. The number of sulfone groups is 1. The van der Waals surface area contributed by atoms with Crippen molar-refractivity contribution < 1.29 is 13.6 Å². The molecule has 0 saturated heterocycles. The molecule has 13 heteroatoms. The van der Waals surface area contributed by atoms with E-state index in [0.717, 1.165) is 0 Å². The minimum absolute atomic E-state index is 0.0736. The third-order valence-corrected chi connectivity index (χ3v) is 8.18. The number of hydrogen-bond acceptors (Lipinski definition) is 6. The van der Waals surface area contributed by atoms with Crippen LogP contribution < -0.4 is 5.23 Å². The van der Waals surface area contributed by atoms with Gasteiger partial charge in [-0.15, -0.1) is 0 Å². The highest BCUT2D eigenvalue weighted by Crippen LogP contribution is 2.35. The van der Waals surface area contributed by atoms with Crippen LogP contribution in [0.15, 0.2) is 54.6 Å². The normalized spacial score (nSPS) is 12.3. The highest BCUT2D eigenvalue weighted by atomic mass is 35.5. The standard InChI is InChI=1S/C22H14Cl4N3O4S2/c23-13-2-1-12(17(25)7-13)11-35(32,33)21(16-5-3-14(24)8-18(16)26)10-28-20-9-15(29(30)31)4-6-19(20)27-22(28)34/h1-10,30H,11H2,(H,27,34)/q-1/b21-10+. The number of aromatic amines is 1. The first-order valence-corrected chi connectivity index (χ1v) is 13.3. The van der Waals surface area contributed by atoms with E-state index in [9.17, 15) is 18.8 Å². The molecule has 0 aliphatic heterocycles.